The lowest BCUT2D eigenvalue weighted by Crippen LogP contribution is -2.44. The molecule has 0 amide bonds. The molecule has 0 aromatic heterocycles. The Labute approximate surface area is 601 Å². The van der Waals surface area contributed by atoms with Crippen LogP contribution in [-0.2, 0) is 33.6 Å². The Morgan fingerprint density at radius 3 is 1.51 bits per heavy atom. The summed E-state index contributed by atoms with van der Waals surface area (Å²) in [5.74, 6) is 12.0. The molecule has 7 rings (SSSR count). The Morgan fingerprint density at radius 1 is 0.536 bits per heavy atom. The van der Waals surface area contributed by atoms with Crippen molar-refractivity contribution in [1.82, 2.24) is 0 Å². The smallest absolute Gasteiger partial charge is 0.140 e. The van der Waals surface area contributed by atoms with Crippen LogP contribution in [0.5, 0.6) is 0 Å². The molecular formula is C90H158O7. The SMILES string of the molecule is C=C(C)C1CC(=O)C(C)C(C)C1.C=C1CCCC(C)(C)C1C(=O)CC(C)C.C=C1CCCC(C)(C)C1C(C)CC(C)=O.C=CCCC(=O)C1CC(C)(C)CCC1C.CC(=O)CC(C)C1C(C)CCC(C)C1(C)C.CC(C)CC(=O)C1C(C)CCC(C)C1(C)C.CC1CCCC(=O)C1. The zero-order valence-electron chi connectivity index (χ0n) is 68.8. The van der Waals surface area contributed by atoms with Gasteiger partial charge in [-0.1, -0.05) is 215 Å². The maximum absolute atomic E-state index is 12.4. The van der Waals surface area contributed by atoms with Crippen molar-refractivity contribution in [1.29, 1.82) is 0 Å². The van der Waals surface area contributed by atoms with Crippen molar-refractivity contribution < 1.29 is 33.6 Å². The second-order valence-electron chi connectivity index (χ2n) is 38.1. The van der Waals surface area contributed by atoms with Gasteiger partial charge in [-0.25, -0.2) is 0 Å². The van der Waals surface area contributed by atoms with Crippen LogP contribution in [-0.4, -0.2) is 40.5 Å². The molecule has 0 aromatic carbocycles. The van der Waals surface area contributed by atoms with E-state index in [2.05, 4.69) is 186 Å². The van der Waals surface area contributed by atoms with Crippen LogP contribution >= 0.6 is 0 Å². The fourth-order valence-corrected chi connectivity index (χ4v) is 19.2. The number of hydrogen-bond donors (Lipinski definition) is 0. The van der Waals surface area contributed by atoms with Crippen LogP contribution in [0.3, 0.4) is 0 Å². The Hall–Kier alpha value is -3.35. The lowest BCUT2D eigenvalue weighted by Gasteiger charge is -2.50. The summed E-state index contributed by atoms with van der Waals surface area (Å²) >= 11 is 0. The Kier molecular flexibility index (Phi) is 39.4. The summed E-state index contributed by atoms with van der Waals surface area (Å²) in [6.07, 6.45) is 28.0. The van der Waals surface area contributed by atoms with Crippen LogP contribution in [0.25, 0.3) is 0 Å². The first kappa shape index (κ1) is 91.7. The maximum Gasteiger partial charge on any atom is 0.140 e. The average molecular weight is 1350 g/mol. The molecule has 7 aliphatic carbocycles. The van der Waals surface area contributed by atoms with E-state index in [9.17, 15) is 33.6 Å². The summed E-state index contributed by atoms with van der Waals surface area (Å²) in [6, 6.07) is 0. The summed E-state index contributed by atoms with van der Waals surface area (Å²) in [4.78, 5) is 81.2. The highest BCUT2D eigenvalue weighted by molar-refractivity contribution is 5.85. The van der Waals surface area contributed by atoms with Crippen molar-refractivity contribution in [2.75, 3.05) is 0 Å². The Bertz CT molecular complexity index is 2520. The van der Waals surface area contributed by atoms with Gasteiger partial charge in [-0.05, 0) is 233 Å². The standard InChI is InChI=1S/2C15H28O.3C14H24O.C11H18O.C7H12O/c1-10-7-8-12(3)15(5,6)14(10)11(2)9-13(4)16;1-10(2)9-13(16)14-11(3)7-8-12(4)15(14,5)6;1-10-7-6-8-14(4,5)13(10)11(2)9-12(3)15;1-10(2)9-12(15)13-11(3)7-6-8-14(13,4)5;1-5-6-7-13(15)12-10-14(3,4)9-8-11(12)2;1-7(2)10-5-8(3)9(4)11(12)6-10;1-6-3-2-4-7(8)5-6/h2*10-12,14H,7-9H2,1-6H3;11,13H,1,6-9H2,2-5H3;10,13H,3,6-9H2,1-2,4-5H3;5,11-12H,1,6-10H2,2-4H3;8-10H,1,5-6H2,2-4H3;6H,2-5H2,1H3. The van der Waals surface area contributed by atoms with Gasteiger partial charge in [0.2, 0.25) is 0 Å². The number of ketones is 7. The van der Waals surface area contributed by atoms with Crippen molar-refractivity contribution in [3.05, 3.63) is 49.1 Å². The Morgan fingerprint density at radius 2 is 1.04 bits per heavy atom. The van der Waals surface area contributed by atoms with E-state index < -0.39 is 0 Å². The largest absolute Gasteiger partial charge is 0.300 e. The van der Waals surface area contributed by atoms with E-state index in [1.165, 1.54) is 75.4 Å². The zero-order valence-corrected chi connectivity index (χ0v) is 68.8. The van der Waals surface area contributed by atoms with Gasteiger partial charge in [0.25, 0.3) is 0 Å². The summed E-state index contributed by atoms with van der Waals surface area (Å²) < 4.78 is 0. The van der Waals surface area contributed by atoms with E-state index in [0.29, 0.717) is 153 Å². The van der Waals surface area contributed by atoms with E-state index in [1.807, 2.05) is 19.9 Å². The molecule has 0 aromatic rings. The molecule has 0 N–H and O–H groups in total. The van der Waals surface area contributed by atoms with E-state index in [1.54, 1.807) is 13.8 Å². The molecule has 7 heteroatoms. The van der Waals surface area contributed by atoms with Gasteiger partial charge < -0.3 is 9.59 Å². The maximum atomic E-state index is 12.4. The minimum absolute atomic E-state index is 0.105. The van der Waals surface area contributed by atoms with Crippen LogP contribution in [0, 0.1) is 134 Å². The number of hydrogen-bond acceptors (Lipinski definition) is 7. The molecule has 97 heavy (non-hydrogen) atoms. The third kappa shape index (κ3) is 30.6. The molecule has 7 nitrogen and oxygen atoms in total. The predicted molar refractivity (Wildman–Crippen MR) is 416 cm³/mol. The second kappa shape index (κ2) is 41.7. The monoisotopic (exact) mass is 1350 g/mol. The number of rotatable bonds is 17. The first-order chi connectivity index (χ1) is 44.5. The molecule has 16 atom stereocenters. The highest BCUT2D eigenvalue weighted by Crippen LogP contribution is 2.53. The van der Waals surface area contributed by atoms with Gasteiger partial charge in [0, 0.05) is 75.0 Å². The quantitative estimate of drug-likeness (QED) is 0.133. The first-order valence-corrected chi connectivity index (χ1v) is 39.7. The molecule has 7 fully saturated rings. The molecule has 0 radical (unpaired) electrons. The van der Waals surface area contributed by atoms with Crippen LogP contribution < -0.4 is 0 Å². The molecule has 7 saturated carbocycles. The molecule has 560 valence electrons. The predicted octanol–water partition coefficient (Wildman–Crippen LogP) is 25.2. The van der Waals surface area contributed by atoms with Crippen molar-refractivity contribution >= 4 is 40.5 Å². The van der Waals surface area contributed by atoms with Crippen molar-refractivity contribution in [3.8, 4) is 0 Å². The van der Waals surface area contributed by atoms with Crippen molar-refractivity contribution in [3.63, 3.8) is 0 Å². The molecule has 16 unspecified atom stereocenters. The lowest BCUT2D eigenvalue weighted by molar-refractivity contribution is -0.134. The second-order valence-corrected chi connectivity index (χ2v) is 38.1. The van der Waals surface area contributed by atoms with Crippen LogP contribution in [0.2, 0.25) is 0 Å². The zero-order chi connectivity index (χ0) is 75.1. The van der Waals surface area contributed by atoms with Gasteiger partial charge in [-0.3, -0.25) is 24.0 Å². The van der Waals surface area contributed by atoms with Gasteiger partial charge in [0.1, 0.15) is 40.5 Å². The Balaban J connectivity index is 0.000000570. The fourth-order valence-electron chi connectivity index (χ4n) is 19.2. The number of allylic oxidation sites excluding steroid dienone is 4. The van der Waals surface area contributed by atoms with Gasteiger partial charge in [-0.15, -0.1) is 6.58 Å². The molecule has 0 spiro atoms. The van der Waals surface area contributed by atoms with E-state index in [-0.39, 0.29) is 28.6 Å². The molecule has 0 bridgehead atoms. The van der Waals surface area contributed by atoms with Gasteiger partial charge in [0.15, 0.2) is 0 Å². The topological polar surface area (TPSA) is 119 Å². The third-order valence-corrected chi connectivity index (χ3v) is 25.5. The summed E-state index contributed by atoms with van der Waals surface area (Å²) in [7, 11) is 0. The van der Waals surface area contributed by atoms with Crippen LogP contribution in [0.4, 0.5) is 0 Å². The minimum Gasteiger partial charge on any atom is -0.300 e. The fraction of sp³-hybridized carbons (Fsp3) is 0.833. The normalized spacial score (nSPS) is 31.4. The minimum atomic E-state index is 0.105. The summed E-state index contributed by atoms with van der Waals surface area (Å²) in [5, 5.41) is 0. The highest BCUT2D eigenvalue weighted by Gasteiger charge is 2.47. The van der Waals surface area contributed by atoms with Crippen LogP contribution in [0.15, 0.2) is 49.1 Å². The van der Waals surface area contributed by atoms with Gasteiger partial charge in [-0.2, -0.15) is 0 Å². The number of carbonyl (C=O) groups is 7. The van der Waals surface area contributed by atoms with Gasteiger partial charge >= 0.3 is 0 Å². The third-order valence-electron chi connectivity index (χ3n) is 25.5. The first-order valence-electron chi connectivity index (χ1n) is 39.7. The molecule has 7 aliphatic rings. The average Bonchev–Trinajstić information content (AvgIpc) is 0.806. The van der Waals surface area contributed by atoms with Gasteiger partial charge in [0.05, 0.1) is 0 Å². The highest BCUT2D eigenvalue weighted by atomic mass is 16.1. The molecule has 0 aliphatic heterocycles. The summed E-state index contributed by atoms with van der Waals surface area (Å²) in [5.41, 5.74) is 5.07. The number of Topliss-reactive ketones (excluding diaryl/α,β-unsaturated/α-hetero) is 7. The lowest BCUT2D eigenvalue weighted by atomic mass is 9.55. The number of carbonyl (C=O) groups excluding carboxylic acids is 7. The van der Waals surface area contributed by atoms with Crippen molar-refractivity contribution in [2.45, 2.75) is 347 Å². The van der Waals surface area contributed by atoms with E-state index in [4.69, 9.17) is 0 Å². The molecular weight excluding hydrogens is 1190 g/mol. The molecule has 0 heterocycles. The molecule has 0 saturated heterocycles. The summed E-state index contributed by atoms with van der Waals surface area (Å²) in [6.45, 7) is 75.2. The van der Waals surface area contributed by atoms with Crippen LogP contribution in [0.1, 0.15) is 347 Å². The van der Waals surface area contributed by atoms with E-state index >= 15 is 0 Å². The van der Waals surface area contributed by atoms with E-state index in [0.717, 1.165) is 94.5 Å². The van der Waals surface area contributed by atoms with Crippen molar-refractivity contribution in [2.24, 2.45) is 134 Å².